The van der Waals surface area contributed by atoms with E-state index in [-0.39, 0.29) is 19.4 Å². The molecule has 0 heterocycles. The highest BCUT2D eigenvalue weighted by Crippen LogP contribution is 2.43. The van der Waals surface area contributed by atoms with Crippen molar-refractivity contribution in [3.8, 4) is 0 Å². The normalized spacial score (nSPS) is 14.4. The van der Waals surface area contributed by atoms with Crippen molar-refractivity contribution < 1.29 is 47.5 Å². The number of phosphoric acid groups is 1. The molecule has 0 fully saturated rings. The minimum Gasteiger partial charge on any atom is -0.480 e. The second kappa shape index (κ2) is 39.0. The summed E-state index contributed by atoms with van der Waals surface area (Å²) in [7, 11) is -4.74. The molecule has 0 spiro atoms. The predicted molar refractivity (Wildman–Crippen MR) is 226 cm³/mol. The zero-order valence-electron chi connectivity index (χ0n) is 34.7. The number of carbonyl (C=O) groups is 3. The van der Waals surface area contributed by atoms with Crippen LogP contribution in [0.4, 0.5) is 0 Å². The van der Waals surface area contributed by atoms with Gasteiger partial charge in [-0.05, 0) is 77.0 Å². The Labute approximate surface area is 338 Å². The number of carboxylic acids is 1. The van der Waals surface area contributed by atoms with Gasteiger partial charge in [0.2, 0.25) is 0 Å². The van der Waals surface area contributed by atoms with Crippen molar-refractivity contribution in [2.45, 2.75) is 180 Å². The summed E-state index contributed by atoms with van der Waals surface area (Å²) in [5, 5.41) is 8.88. The topological polar surface area (TPSA) is 172 Å². The predicted octanol–water partition coefficient (Wildman–Crippen LogP) is 11.2. The highest BCUT2D eigenvalue weighted by Gasteiger charge is 2.28. The molecule has 0 aliphatic carbocycles. The van der Waals surface area contributed by atoms with Gasteiger partial charge in [-0.15, -0.1) is 0 Å². The molecule has 322 valence electrons. The molecule has 0 bridgehead atoms. The quantitative estimate of drug-likeness (QED) is 0.0233. The van der Waals surface area contributed by atoms with E-state index in [2.05, 4.69) is 73.1 Å². The number of carbonyl (C=O) groups excluding carboxylic acids is 2. The molecule has 0 aromatic carbocycles. The Kier molecular flexibility index (Phi) is 37.1. The van der Waals surface area contributed by atoms with Gasteiger partial charge < -0.3 is 25.2 Å². The van der Waals surface area contributed by atoms with Crippen LogP contribution in [0.5, 0.6) is 0 Å². The molecule has 12 heteroatoms. The summed E-state index contributed by atoms with van der Waals surface area (Å²) in [6.07, 6.45) is 44.4. The molecule has 0 aliphatic heterocycles. The van der Waals surface area contributed by atoms with Crippen LogP contribution < -0.4 is 5.73 Å². The third-order valence-electron chi connectivity index (χ3n) is 8.74. The Balaban J connectivity index is 4.52. The lowest BCUT2D eigenvalue weighted by Gasteiger charge is -2.20. The van der Waals surface area contributed by atoms with E-state index in [0.717, 1.165) is 44.9 Å². The molecule has 0 aliphatic rings. The first kappa shape index (κ1) is 53.2. The van der Waals surface area contributed by atoms with Crippen molar-refractivity contribution >= 4 is 25.7 Å². The van der Waals surface area contributed by atoms with Crippen LogP contribution in [-0.4, -0.2) is 59.9 Å². The van der Waals surface area contributed by atoms with Gasteiger partial charge in [0.15, 0.2) is 6.10 Å². The van der Waals surface area contributed by atoms with Gasteiger partial charge in [-0.25, -0.2) is 4.57 Å². The summed E-state index contributed by atoms with van der Waals surface area (Å²) >= 11 is 0. The summed E-state index contributed by atoms with van der Waals surface area (Å²) in [6, 6.07) is -1.53. The number of allylic oxidation sites excluding steroid dienone is 10. The van der Waals surface area contributed by atoms with E-state index in [1.54, 1.807) is 0 Å². The summed E-state index contributed by atoms with van der Waals surface area (Å²) in [5.74, 6) is -2.49. The van der Waals surface area contributed by atoms with Crippen molar-refractivity contribution in [3.63, 3.8) is 0 Å². The number of unbranched alkanes of at least 4 members (excludes halogenated alkanes) is 15. The summed E-state index contributed by atoms with van der Waals surface area (Å²) in [5.41, 5.74) is 5.32. The highest BCUT2D eigenvalue weighted by atomic mass is 31.2. The second-order valence-corrected chi connectivity index (χ2v) is 15.6. The van der Waals surface area contributed by atoms with Crippen LogP contribution in [0.2, 0.25) is 0 Å². The maximum atomic E-state index is 12.6. The van der Waals surface area contributed by atoms with E-state index in [1.165, 1.54) is 77.0 Å². The third-order valence-corrected chi connectivity index (χ3v) is 9.69. The third kappa shape index (κ3) is 38.1. The lowest BCUT2D eigenvalue weighted by molar-refractivity contribution is -0.161. The fraction of sp³-hybridized carbons (Fsp3) is 0.705. The Hall–Kier alpha value is -2.82. The molecule has 4 N–H and O–H groups in total. The number of aliphatic carboxylic acids is 1. The first-order valence-corrected chi connectivity index (χ1v) is 22.8. The average Bonchev–Trinajstić information content (AvgIpc) is 3.17. The van der Waals surface area contributed by atoms with Crippen LogP contribution in [0.1, 0.15) is 168 Å². The van der Waals surface area contributed by atoms with Gasteiger partial charge in [0.05, 0.1) is 13.2 Å². The molecule has 0 saturated carbocycles. The lowest BCUT2D eigenvalue weighted by atomic mass is 10.1. The number of carboxylic acid groups (broad SMARTS) is 1. The Morgan fingerprint density at radius 1 is 0.554 bits per heavy atom. The highest BCUT2D eigenvalue weighted by molar-refractivity contribution is 7.47. The fourth-order valence-electron chi connectivity index (χ4n) is 5.34. The molecule has 1 unspecified atom stereocenters. The standard InChI is InChI=1S/C44H76NO10P/c1-3-5-7-9-11-13-15-17-19-20-22-23-25-27-29-31-33-35-42(46)52-37-40(38-53-56(50,51)54-39-41(45)44(48)49)55-43(47)36-34-32-30-28-26-24-21-18-16-14-12-10-8-6-4-2/h17-19,21-23,26-29,40-41H,3-16,20,24-25,30-39,45H2,1-2H3,(H,48,49)(H,50,51)/b19-17+,21-18+,23-22+,28-26+,29-27+/t40-,41+/m1/s1. The number of hydrogen-bond acceptors (Lipinski definition) is 9. The summed E-state index contributed by atoms with van der Waals surface area (Å²) < 4.78 is 32.6. The van der Waals surface area contributed by atoms with Crippen molar-refractivity contribution in [1.29, 1.82) is 0 Å². The molecular weight excluding hydrogens is 733 g/mol. The molecule has 11 nitrogen and oxygen atoms in total. The number of nitrogens with two attached hydrogens (primary N) is 1. The zero-order chi connectivity index (χ0) is 41.4. The van der Waals surface area contributed by atoms with Crippen molar-refractivity contribution in [3.05, 3.63) is 60.8 Å². The van der Waals surface area contributed by atoms with E-state index in [9.17, 15) is 23.8 Å². The van der Waals surface area contributed by atoms with Gasteiger partial charge in [0.1, 0.15) is 12.6 Å². The maximum Gasteiger partial charge on any atom is 0.472 e. The zero-order valence-corrected chi connectivity index (χ0v) is 35.6. The largest absolute Gasteiger partial charge is 0.480 e. The maximum absolute atomic E-state index is 12.6. The second-order valence-electron chi connectivity index (χ2n) is 14.1. The van der Waals surface area contributed by atoms with Crippen LogP contribution in [0.15, 0.2) is 60.8 Å². The van der Waals surface area contributed by atoms with E-state index in [4.69, 9.17) is 24.8 Å². The fourth-order valence-corrected chi connectivity index (χ4v) is 6.12. The summed E-state index contributed by atoms with van der Waals surface area (Å²) in [6.45, 7) is 2.69. The molecule has 0 radical (unpaired) electrons. The lowest BCUT2D eigenvalue weighted by Crippen LogP contribution is -2.34. The minimum atomic E-state index is -4.74. The SMILES string of the molecule is CCCCCCCC/C=C/C/C=C/C/C=C/CCCC(=O)OC[C@H](COP(=O)(O)OC[C@H](N)C(=O)O)OC(=O)CCCC/C=C/C/C=C/CCCCCCCC. The molecule has 56 heavy (non-hydrogen) atoms. The van der Waals surface area contributed by atoms with Gasteiger partial charge in [-0.2, -0.15) is 0 Å². The Morgan fingerprint density at radius 2 is 0.964 bits per heavy atom. The van der Waals surface area contributed by atoms with E-state index < -0.39 is 51.1 Å². The van der Waals surface area contributed by atoms with Crippen molar-refractivity contribution in [2.75, 3.05) is 19.8 Å². The van der Waals surface area contributed by atoms with Gasteiger partial charge >= 0.3 is 25.7 Å². The number of ether oxygens (including phenoxy) is 2. The van der Waals surface area contributed by atoms with Crippen LogP contribution in [-0.2, 0) is 37.5 Å². The number of hydrogen-bond donors (Lipinski definition) is 3. The molecular formula is C44H76NO10P. The average molecular weight is 810 g/mol. The van der Waals surface area contributed by atoms with Crippen LogP contribution >= 0.6 is 7.82 Å². The summed E-state index contributed by atoms with van der Waals surface area (Å²) in [4.78, 5) is 45.9. The van der Waals surface area contributed by atoms with Gasteiger partial charge in [-0.1, -0.05) is 139 Å². The van der Waals surface area contributed by atoms with Gasteiger partial charge in [-0.3, -0.25) is 23.4 Å². The molecule has 0 rings (SSSR count). The molecule has 0 saturated heterocycles. The number of phosphoric ester groups is 1. The number of esters is 2. The molecule has 0 aromatic heterocycles. The van der Waals surface area contributed by atoms with E-state index in [0.29, 0.717) is 19.3 Å². The first-order valence-electron chi connectivity index (χ1n) is 21.3. The van der Waals surface area contributed by atoms with Gasteiger partial charge in [0, 0.05) is 12.8 Å². The first-order chi connectivity index (χ1) is 27.1. The minimum absolute atomic E-state index is 0.106. The molecule has 0 amide bonds. The smallest absolute Gasteiger partial charge is 0.472 e. The Bertz CT molecular complexity index is 1180. The Morgan fingerprint density at radius 3 is 1.46 bits per heavy atom. The van der Waals surface area contributed by atoms with Crippen LogP contribution in [0, 0.1) is 0 Å². The van der Waals surface area contributed by atoms with Crippen molar-refractivity contribution in [2.24, 2.45) is 5.73 Å². The monoisotopic (exact) mass is 810 g/mol. The van der Waals surface area contributed by atoms with E-state index in [1.807, 2.05) is 6.08 Å². The van der Waals surface area contributed by atoms with Crippen LogP contribution in [0.3, 0.4) is 0 Å². The number of rotatable bonds is 39. The van der Waals surface area contributed by atoms with Crippen LogP contribution in [0.25, 0.3) is 0 Å². The van der Waals surface area contributed by atoms with E-state index >= 15 is 0 Å². The molecule has 0 aromatic rings. The van der Waals surface area contributed by atoms with Crippen molar-refractivity contribution in [1.82, 2.24) is 0 Å². The van der Waals surface area contributed by atoms with Gasteiger partial charge in [0.25, 0.3) is 0 Å². The molecule has 3 atom stereocenters.